The maximum absolute atomic E-state index is 12.3. The highest BCUT2D eigenvalue weighted by Gasteiger charge is 2.07. The highest BCUT2D eigenvalue weighted by molar-refractivity contribution is 5.94. The Kier molecular flexibility index (Phi) is 5.59. The van der Waals surface area contributed by atoms with Crippen molar-refractivity contribution in [2.75, 3.05) is 0 Å². The lowest BCUT2D eigenvalue weighted by Crippen LogP contribution is -2.22. The molecule has 26 heavy (non-hydrogen) atoms. The summed E-state index contributed by atoms with van der Waals surface area (Å²) in [7, 11) is 0. The molecular formula is C21H21N3O2. The van der Waals surface area contributed by atoms with Crippen LogP contribution in [-0.4, -0.2) is 22.0 Å². The Balaban J connectivity index is 1.58. The van der Waals surface area contributed by atoms with Crippen molar-refractivity contribution in [1.82, 2.24) is 15.3 Å². The van der Waals surface area contributed by atoms with E-state index < -0.39 is 0 Å². The Morgan fingerprint density at radius 3 is 2.50 bits per heavy atom. The van der Waals surface area contributed by atoms with Gasteiger partial charge in [0.25, 0.3) is 5.91 Å². The third-order valence-electron chi connectivity index (χ3n) is 3.73. The summed E-state index contributed by atoms with van der Waals surface area (Å²) in [6.45, 7) is 4.43. The van der Waals surface area contributed by atoms with Crippen molar-refractivity contribution in [3.05, 3.63) is 78.2 Å². The molecule has 0 saturated carbocycles. The van der Waals surface area contributed by atoms with Gasteiger partial charge in [0.05, 0.1) is 17.4 Å². The number of aromatic nitrogens is 2. The number of nitrogens with one attached hydrogen (secondary N) is 1. The first kappa shape index (κ1) is 17.6. The van der Waals surface area contributed by atoms with Crippen LogP contribution in [0.2, 0.25) is 0 Å². The van der Waals surface area contributed by atoms with Crippen molar-refractivity contribution in [3.8, 4) is 17.0 Å². The van der Waals surface area contributed by atoms with Crippen LogP contribution in [0, 0.1) is 0 Å². The van der Waals surface area contributed by atoms with E-state index in [0.29, 0.717) is 12.1 Å². The topological polar surface area (TPSA) is 64.1 Å². The van der Waals surface area contributed by atoms with E-state index >= 15 is 0 Å². The summed E-state index contributed by atoms with van der Waals surface area (Å²) in [4.78, 5) is 20.7. The van der Waals surface area contributed by atoms with Gasteiger partial charge in [0, 0.05) is 30.7 Å². The largest absolute Gasteiger partial charge is 0.491 e. The van der Waals surface area contributed by atoms with Crippen molar-refractivity contribution in [1.29, 1.82) is 0 Å². The second-order valence-electron chi connectivity index (χ2n) is 6.17. The van der Waals surface area contributed by atoms with Gasteiger partial charge in [-0.1, -0.05) is 12.1 Å². The number of nitrogens with zero attached hydrogens (tertiary/aromatic N) is 2. The second-order valence-corrected chi connectivity index (χ2v) is 6.17. The third kappa shape index (κ3) is 4.66. The molecule has 0 unspecified atom stereocenters. The zero-order chi connectivity index (χ0) is 18.4. The lowest BCUT2D eigenvalue weighted by molar-refractivity contribution is 0.0950. The summed E-state index contributed by atoms with van der Waals surface area (Å²) in [5.41, 5.74) is 3.24. The fourth-order valence-corrected chi connectivity index (χ4v) is 2.46. The fourth-order valence-electron chi connectivity index (χ4n) is 2.46. The van der Waals surface area contributed by atoms with Crippen molar-refractivity contribution in [3.63, 3.8) is 0 Å². The van der Waals surface area contributed by atoms with Gasteiger partial charge in [-0.2, -0.15) is 0 Å². The third-order valence-corrected chi connectivity index (χ3v) is 3.73. The molecular weight excluding hydrogens is 326 g/mol. The molecule has 0 radical (unpaired) electrons. The zero-order valence-corrected chi connectivity index (χ0v) is 14.8. The van der Waals surface area contributed by atoms with E-state index in [2.05, 4.69) is 15.3 Å². The molecule has 0 aliphatic carbocycles. The lowest BCUT2D eigenvalue weighted by Gasteiger charge is -2.10. The number of rotatable bonds is 6. The molecule has 1 aromatic carbocycles. The predicted molar refractivity (Wildman–Crippen MR) is 101 cm³/mol. The molecule has 0 aliphatic rings. The minimum Gasteiger partial charge on any atom is -0.491 e. The Morgan fingerprint density at radius 1 is 1.08 bits per heavy atom. The molecule has 0 spiro atoms. The number of carbonyl (C=O) groups is 1. The van der Waals surface area contributed by atoms with Gasteiger partial charge < -0.3 is 10.1 Å². The van der Waals surface area contributed by atoms with Gasteiger partial charge in [0.2, 0.25) is 0 Å². The number of pyridine rings is 2. The average Bonchev–Trinajstić information content (AvgIpc) is 2.67. The van der Waals surface area contributed by atoms with E-state index in [0.717, 1.165) is 22.6 Å². The van der Waals surface area contributed by atoms with Crippen LogP contribution in [0.25, 0.3) is 11.3 Å². The molecule has 0 atom stereocenters. The van der Waals surface area contributed by atoms with Gasteiger partial charge in [-0.3, -0.25) is 14.8 Å². The SMILES string of the molecule is CC(C)Oc1ccc(CNC(=O)c2ccc(-c3cccnc3)nc2)cc1. The number of hydrogen-bond acceptors (Lipinski definition) is 4. The standard InChI is InChI=1S/C21H21N3O2/c1-15(2)26-19-8-5-16(6-9-19)12-24-21(25)18-7-10-20(23-14-18)17-4-3-11-22-13-17/h3-11,13-15H,12H2,1-2H3,(H,24,25). The van der Waals surface area contributed by atoms with Crippen LogP contribution in [0.4, 0.5) is 0 Å². The molecule has 5 nitrogen and oxygen atoms in total. The minimum atomic E-state index is -0.155. The molecule has 2 heterocycles. The molecule has 0 saturated heterocycles. The van der Waals surface area contributed by atoms with Crippen LogP contribution in [0.15, 0.2) is 67.1 Å². The van der Waals surface area contributed by atoms with Gasteiger partial charge in [-0.15, -0.1) is 0 Å². The van der Waals surface area contributed by atoms with Crippen LogP contribution in [0.1, 0.15) is 29.8 Å². The van der Waals surface area contributed by atoms with Crippen LogP contribution < -0.4 is 10.1 Å². The molecule has 0 fully saturated rings. The van der Waals surface area contributed by atoms with Crippen molar-refractivity contribution >= 4 is 5.91 Å². The fraction of sp³-hybridized carbons (Fsp3) is 0.190. The first-order valence-electron chi connectivity index (χ1n) is 8.52. The summed E-state index contributed by atoms with van der Waals surface area (Å²) in [6.07, 6.45) is 5.18. The van der Waals surface area contributed by atoms with Crippen molar-refractivity contribution < 1.29 is 9.53 Å². The maximum Gasteiger partial charge on any atom is 0.253 e. The van der Waals surface area contributed by atoms with Gasteiger partial charge in [0.15, 0.2) is 0 Å². The number of carbonyl (C=O) groups excluding carboxylic acids is 1. The Labute approximate surface area is 153 Å². The Hall–Kier alpha value is -3.21. The van der Waals surface area contributed by atoms with Crippen molar-refractivity contribution in [2.24, 2.45) is 0 Å². The zero-order valence-electron chi connectivity index (χ0n) is 14.8. The van der Waals surface area contributed by atoms with Crippen LogP contribution in [0.3, 0.4) is 0 Å². The van der Waals surface area contributed by atoms with E-state index in [1.807, 2.05) is 56.3 Å². The molecule has 0 bridgehead atoms. The summed E-state index contributed by atoms with van der Waals surface area (Å²) >= 11 is 0. The summed E-state index contributed by atoms with van der Waals surface area (Å²) < 4.78 is 5.61. The molecule has 1 amide bonds. The first-order valence-corrected chi connectivity index (χ1v) is 8.52. The Bertz CT molecular complexity index is 845. The number of benzene rings is 1. The highest BCUT2D eigenvalue weighted by atomic mass is 16.5. The number of hydrogen-bond donors (Lipinski definition) is 1. The smallest absolute Gasteiger partial charge is 0.253 e. The minimum absolute atomic E-state index is 0.141. The van der Waals surface area contributed by atoms with Gasteiger partial charge in [-0.05, 0) is 55.8 Å². The monoisotopic (exact) mass is 347 g/mol. The predicted octanol–water partition coefficient (Wildman–Crippen LogP) is 3.86. The molecule has 2 aromatic heterocycles. The maximum atomic E-state index is 12.3. The van der Waals surface area contributed by atoms with Gasteiger partial charge in [-0.25, -0.2) is 0 Å². The van der Waals surface area contributed by atoms with E-state index in [1.165, 1.54) is 0 Å². The molecule has 3 rings (SSSR count). The molecule has 5 heteroatoms. The van der Waals surface area contributed by atoms with E-state index in [-0.39, 0.29) is 12.0 Å². The van der Waals surface area contributed by atoms with Gasteiger partial charge >= 0.3 is 0 Å². The molecule has 132 valence electrons. The van der Waals surface area contributed by atoms with Crippen LogP contribution in [-0.2, 0) is 6.54 Å². The highest BCUT2D eigenvalue weighted by Crippen LogP contribution is 2.16. The van der Waals surface area contributed by atoms with Crippen molar-refractivity contribution in [2.45, 2.75) is 26.5 Å². The van der Waals surface area contributed by atoms with E-state index in [1.54, 1.807) is 24.7 Å². The molecule has 3 aromatic rings. The lowest BCUT2D eigenvalue weighted by atomic mass is 10.1. The van der Waals surface area contributed by atoms with E-state index in [9.17, 15) is 4.79 Å². The van der Waals surface area contributed by atoms with Crippen LogP contribution >= 0.6 is 0 Å². The first-order chi connectivity index (χ1) is 12.6. The summed E-state index contributed by atoms with van der Waals surface area (Å²) in [5, 5.41) is 2.90. The van der Waals surface area contributed by atoms with Crippen LogP contribution in [0.5, 0.6) is 5.75 Å². The number of amides is 1. The Morgan fingerprint density at radius 2 is 1.88 bits per heavy atom. The molecule has 0 aliphatic heterocycles. The number of ether oxygens (including phenoxy) is 1. The quantitative estimate of drug-likeness (QED) is 0.735. The molecule has 1 N–H and O–H groups in total. The summed E-state index contributed by atoms with van der Waals surface area (Å²) in [6, 6.07) is 15.1. The van der Waals surface area contributed by atoms with E-state index in [4.69, 9.17) is 4.74 Å². The summed E-state index contributed by atoms with van der Waals surface area (Å²) in [5.74, 6) is 0.669. The normalized spacial score (nSPS) is 10.6. The average molecular weight is 347 g/mol. The second kappa shape index (κ2) is 8.25. The van der Waals surface area contributed by atoms with Gasteiger partial charge in [0.1, 0.15) is 5.75 Å².